The van der Waals surface area contributed by atoms with Crippen LogP contribution in [0.3, 0.4) is 0 Å². The van der Waals surface area contributed by atoms with E-state index < -0.39 is 0 Å². The zero-order chi connectivity index (χ0) is 9.97. The highest BCUT2D eigenvalue weighted by molar-refractivity contribution is 5.36. The molecule has 0 aliphatic heterocycles. The van der Waals surface area contributed by atoms with E-state index in [0.717, 1.165) is 12.8 Å². The molecular formula is C11H11NO2. The quantitative estimate of drug-likeness (QED) is 0.407. The molecule has 3 heteroatoms. The standard InChI is InChI=1S/C11H11NO2/c13-12(14)11-7-5-10(6-8-11)9-3-1-2-4-9/h1,3,5-9H,2,4H2. The normalized spacial score (nSPS) is 19.9. The molecule has 1 aliphatic carbocycles. The van der Waals surface area contributed by atoms with Gasteiger partial charge in [-0.1, -0.05) is 24.3 Å². The monoisotopic (exact) mass is 189 g/mol. The van der Waals surface area contributed by atoms with Crippen LogP contribution in [0.25, 0.3) is 0 Å². The van der Waals surface area contributed by atoms with E-state index in [1.807, 2.05) is 12.1 Å². The van der Waals surface area contributed by atoms with Gasteiger partial charge in [-0.2, -0.15) is 0 Å². The first-order valence-corrected chi connectivity index (χ1v) is 4.68. The highest BCUT2D eigenvalue weighted by atomic mass is 16.6. The minimum absolute atomic E-state index is 0.163. The third kappa shape index (κ3) is 1.66. The minimum atomic E-state index is -0.367. The number of nitrogens with zero attached hydrogens (tertiary/aromatic N) is 1. The summed E-state index contributed by atoms with van der Waals surface area (Å²) in [7, 11) is 0. The van der Waals surface area contributed by atoms with Crippen LogP contribution in [0.1, 0.15) is 24.3 Å². The van der Waals surface area contributed by atoms with Gasteiger partial charge in [-0.3, -0.25) is 10.1 Å². The average Bonchev–Trinajstić information content (AvgIpc) is 2.71. The number of nitro benzene ring substituents is 1. The van der Waals surface area contributed by atoms with Gasteiger partial charge in [-0.25, -0.2) is 0 Å². The van der Waals surface area contributed by atoms with Crippen molar-refractivity contribution in [2.24, 2.45) is 0 Å². The van der Waals surface area contributed by atoms with Gasteiger partial charge < -0.3 is 0 Å². The second kappa shape index (κ2) is 3.62. The van der Waals surface area contributed by atoms with Crippen LogP contribution in [0.4, 0.5) is 5.69 Å². The smallest absolute Gasteiger partial charge is 0.258 e. The summed E-state index contributed by atoms with van der Waals surface area (Å²) in [6.45, 7) is 0. The third-order valence-electron chi connectivity index (χ3n) is 2.54. The molecule has 0 aromatic heterocycles. The number of rotatable bonds is 2. The lowest BCUT2D eigenvalue weighted by atomic mass is 9.99. The number of benzene rings is 1. The summed E-state index contributed by atoms with van der Waals surface area (Å²) >= 11 is 0. The van der Waals surface area contributed by atoms with Crippen LogP contribution >= 0.6 is 0 Å². The summed E-state index contributed by atoms with van der Waals surface area (Å²) in [4.78, 5) is 10.1. The highest BCUT2D eigenvalue weighted by Gasteiger charge is 2.12. The maximum atomic E-state index is 10.4. The lowest BCUT2D eigenvalue weighted by Crippen LogP contribution is -1.92. The second-order valence-corrected chi connectivity index (χ2v) is 3.46. The van der Waals surface area contributed by atoms with Crippen molar-refractivity contribution in [1.82, 2.24) is 0 Å². The van der Waals surface area contributed by atoms with E-state index in [1.165, 1.54) is 5.56 Å². The fourth-order valence-electron chi connectivity index (χ4n) is 1.75. The Labute approximate surface area is 82.2 Å². The number of nitro groups is 1. The fourth-order valence-corrected chi connectivity index (χ4v) is 1.75. The lowest BCUT2D eigenvalue weighted by Gasteiger charge is -2.06. The molecule has 0 N–H and O–H groups in total. The van der Waals surface area contributed by atoms with Gasteiger partial charge in [0.15, 0.2) is 0 Å². The van der Waals surface area contributed by atoms with Crippen LogP contribution in [0.15, 0.2) is 36.4 Å². The Morgan fingerprint density at radius 1 is 1.29 bits per heavy atom. The fraction of sp³-hybridized carbons (Fsp3) is 0.273. The second-order valence-electron chi connectivity index (χ2n) is 3.46. The molecule has 0 saturated heterocycles. The van der Waals surface area contributed by atoms with Crippen molar-refractivity contribution in [3.05, 3.63) is 52.1 Å². The van der Waals surface area contributed by atoms with Crippen molar-refractivity contribution in [1.29, 1.82) is 0 Å². The molecule has 0 spiro atoms. The first-order valence-electron chi connectivity index (χ1n) is 4.68. The molecule has 1 aromatic carbocycles. The van der Waals surface area contributed by atoms with Crippen LogP contribution in [0, 0.1) is 10.1 Å². The molecule has 1 aliphatic rings. The molecular weight excluding hydrogens is 178 g/mol. The largest absolute Gasteiger partial charge is 0.269 e. The summed E-state index contributed by atoms with van der Waals surface area (Å²) in [6, 6.07) is 6.83. The van der Waals surface area contributed by atoms with Crippen molar-refractivity contribution in [3.63, 3.8) is 0 Å². The maximum absolute atomic E-state index is 10.4. The summed E-state index contributed by atoms with van der Waals surface area (Å²) in [5.74, 6) is 0.454. The van der Waals surface area contributed by atoms with E-state index in [-0.39, 0.29) is 10.6 Å². The SMILES string of the molecule is O=[N+]([O-])c1ccc(C2C=CCC2)cc1. The van der Waals surface area contributed by atoms with Crippen LogP contribution in [-0.4, -0.2) is 4.92 Å². The summed E-state index contributed by atoms with van der Waals surface area (Å²) in [5, 5.41) is 10.4. The molecule has 0 amide bonds. The van der Waals surface area contributed by atoms with Gasteiger partial charge in [0.05, 0.1) is 4.92 Å². The number of hydrogen-bond donors (Lipinski definition) is 0. The minimum Gasteiger partial charge on any atom is -0.258 e. The van der Waals surface area contributed by atoms with E-state index in [2.05, 4.69) is 12.2 Å². The Morgan fingerprint density at radius 2 is 2.00 bits per heavy atom. The predicted octanol–water partition coefficient (Wildman–Crippen LogP) is 3.03. The van der Waals surface area contributed by atoms with Crippen LogP contribution in [0.2, 0.25) is 0 Å². The Hall–Kier alpha value is -1.64. The average molecular weight is 189 g/mol. The molecule has 1 aromatic rings. The maximum Gasteiger partial charge on any atom is 0.269 e. The number of non-ortho nitro benzene ring substituents is 1. The Morgan fingerprint density at radius 3 is 2.50 bits per heavy atom. The van der Waals surface area contributed by atoms with Crippen LogP contribution < -0.4 is 0 Å². The van der Waals surface area contributed by atoms with E-state index in [0.29, 0.717) is 5.92 Å². The van der Waals surface area contributed by atoms with Crippen molar-refractivity contribution < 1.29 is 4.92 Å². The van der Waals surface area contributed by atoms with Crippen molar-refractivity contribution in [3.8, 4) is 0 Å². The zero-order valence-electron chi connectivity index (χ0n) is 7.72. The van der Waals surface area contributed by atoms with Crippen molar-refractivity contribution in [2.45, 2.75) is 18.8 Å². The van der Waals surface area contributed by atoms with Crippen LogP contribution in [-0.2, 0) is 0 Å². The topological polar surface area (TPSA) is 43.1 Å². The summed E-state index contributed by atoms with van der Waals surface area (Å²) in [5.41, 5.74) is 1.33. The molecule has 0 radical (unpaired) electrons. The van der Waals surface area contributed by atoms with Crippen molar-refractivity contribution >= 4 is 5.69 Å². The first kappa shape index (κ1) is 8.94. The van der Waals surface area contributed by atoms with E-state index in [1.54, 1.807) is 12.1 Å². The van der Waals surface area contributed by atoms with Gasteiger partial charge in [0, 0.05) is 18.1 Å². The molecule has 0 bridgehead atoms. The Bertz CT molecular complexity index is 367. The molecule has 72 valence electrons. The molecule has 1 unspecified atom stereocenters. The van der Waals surface area contributed by atoms with Gasteiger partial charge in [-0.15, -0.1) is 0 Å². The molecule has 3 nitrogen and oxygen atoms in total. The Kier molecular flexibility index (Phi) is 2.31. The van der Waals surface area contributed by atoms with E-state index in [9.17, 15) is 10.1 Å². The third-order valence-corrected chi connectivity index (χ3v) is 2.54. The summed E-state index contributed by atoms with van der Waals surface area (Å²) in [6.07, 6.45) is 6.56. The number of allylic oxidation sites excluding steroid dienone is 2. The van der Waals surface area contributed by atoms with Gasteiger partial charge in [0.25, 0.3) is 5.69 Å². The molecule has 0 fully saturated rings. The lowest BCUT2D eigenvalue weighted by molar-refractivity contribution is -0.384. The molecule has 2 rings (SSSR count). The van der Waals surface area contributed by atoms with Gasteiger partial charge in [-0.05, 0) is 18.4 Å². The molecule has 0 heterocycles. The highest BCUT2D eigenvalue weighted by Crippen LogP contribution is 2.29. The predicted molar refractivity (Wildman–Crippen MR) is 54.2 cm³/mol. The van der Waals surface area contributed by atoms with E-state index >= 15 is 0 Å². The molecule has 0 saturated carbocycles. The number of hydrogen-bond acceptors (Lipinski definition) is 2. The van der Waals surface area contributed by atoms with Gasteiger partial charge in [0.2, 0.25) is 0 Å². The van der Waals surface area contributed by atoms with Crippen LogP contribution in [0.5, 0.6) is 0 Å². The van der Waals surface area contributed by atoms with Crippen molar-refractivity contribution in [2.75, 3.05) is 0 Å². The Balaban J connectivity index is 2.21. The van der Waals surface area contributed by atoms with Gasteiger partial charge >= 0.3 is 0 Å². The molecule has 1 atom stereocenters. The zero-order valence-corrected chi connectivity index (χ0v) is 7.72. The van der Waals surface area contributed by atoms with Gasteiger partial charge in [0.1, 0.15) is 0 Å². The van der Waals surface area contributed by atoms with E-state index in [4.69, 9.17) is 0 Å². The first-order chi connectivity index (χ1) is 6.77. The molecule has 14 heavy (non-hydrogen) atoms. The summed E-state index contributed by atoms with van der Waals surface area (Å²) < 4.78 is 0.